The van der Waals surface area contributed by atoms with Crippen molar-refractivity contribution in [3.63, 3.8) is 0 Å². The zero-order valence-electron chi connectivity index (χ0n) is 18.1. The summed E-state index contributed by atoms with van der Waals surface area (Å²) in [7, 11) is 0. The Morgan fingerprint density at radius 1 is 1.06 bits per heavy atom. The molecule has 0 bridgehead atoms. The summed E-state index contributed by atoms with van der Waals surface area (Å²) in [5.74, 6) is 1.82. The molecule has 1 aromatic heterocycles. The fraction of sp³-hybridized carbons (Fsp3) is 0.231. The van der Waals surface area contributed by atoms with E-state index in [0.717, 1.165) is 45.6 Å². The second kappa shape index (κ2) is 10.5. The summed E-state index contributed by atoms with van der Waals surface area (Å²) >= 11 is 3.41. The van der Waals surface area contributed by atoms with E-state index >= 15 is 0 Å². The number of imidazole rings is 1. The number of carbonyl (C=O) groups is 1. The molecule has 4 aromatic rings. The van der Waals surface area contributed by atoms with Gasteiger partial charge < -0.3 is 14.6 Å². The van der Waals surface area contributed by atoms with E-state index in [1.807, 2.05) is 60.7 Å². The minimum Gasteiger partial charge on any atom is -0.493 e. The van der Waals surface area contributed by atoms with E-state index in [1.165, 1.54) is 0 Å². The molecule has 4 rings (SSSR count). The molecule has 1 amide bonds. The molecule has 0 saturated heterocycles. The Hall–Kier alpha value is -3.12. The molecule has 0 radical (unpaired) electrons. The third-order valence-corrected chi connectivity index (χ3v) is 5.83. The number of amides is 1. The van der Waals surface area contributed by atoms with Gasteiger partial charge in [-0.1, -0.05) is 52.3 Å². The van der Waals surface area contributed by atoms with Crippen molar-refractivity contribution in [3.8, 4) is 5.75 Å². The Morgan fingerprint density at radius 2 is 1.88 bits per heavy atom. The first-order valence-electron chi connectivity index (χ1n) is 10.8. The highest BCUT2D eigenvalue weighted by Gasteiger charge is 2.12. The number of fused-ring (bicyclic) bond motifs is 1. The number of hydrogen-bond donors (Lipinski definition) is 1. The number of carbonyl (C=O) groups excluding carboxylic acids is 1. The molecule has 6 heteroatoms. The third-order valence-electron chi connectivity index (χ3n) is 5.33. The van der Waals surface area contributed by atoms with Gasteiger partial charge in [0, 0.05) is 29.5 Å². The van der Waals surface area contributed by atoms with Crippen LogP contribution in [0.4, 0.5) is 0 Å². The first-order chi connectivity index (χ1) is 15.6. The molecular weight excluding hydrogens is 466 g/mol. The Labute approximate surface area is 196 Å². The van der Waals surface area contributed by atoms with E-state index < -0.39 is 0 Å². The van der Waals surface area contributed by atoms with Crippen molar-refractivity contribution >= 4 is 32.9 Å². The minimum atomic E-state index is -0.0828. The summed E-state index contributed by atoms with van der Waals surface area (Å²) in [5.41, 5.74) is 3.86. The maximum absolute atomic E-state index is 12.4. The van der Waals surface area contributed by atoms with Gasteiger partial charge in [-0.3, -0.25) is 4.79 Å². The van der Waals surface area contributed by atoms with Crippen LogP contribution in [0.15, 0.2) is 77.3 Å². The van der Waals surface area contributed by atoms with Crippen molar-refractivity contribution in [2.75, 3.05) is 13.2 Å². The molecule has 32 heavy (non-hydrogen) atoms. The average Bonchev–Trinajstić information content (AvgIpc) is 3.15. The van der Waals surface area contributed by atoms with Gasteiger partial charge in [0.05, 0.1) is 17.6 Å². The molecule has 5 nitrogen and oxygen atoms in total. The summed E-state index contributed by atoms with van der Waals surface area (Å²) in [6.07, 6.45) is 1.53. The van der Waals surface area contributed by atoms with Crippen LogP contribution >= 0.6 is 15.9 Å². The molecule has 0 atom stereocenters. The van der Waals surface area contributed by atoms with Gasteiger partial charge in [0.25, 0.3) is 5.91 Å². The van der Waals surface area contributed by atoms with Crippen molar-refractivity contribution in [1.82, 2.24) is 14.9 Å². The predicted molar refractivity (Wildman–Crippen MR) is 131 cm³/mol. The zero-order chi connectivity index (χ0) is 22.3. The van der Waals surface area contributed by atoms with Crippen LogP contribution in [-0.2, 0) is 13.0 Å². The lowest BCUT2D eigenvalue weighted by molar-refractivity contribution is 0.0954. The van der Waals surface area contributed by atoms with Crippen molar-refractivity contribution in [2.45, 2.75) is 26.3 Å². The van der Waals surface area contributed by atoms with E-state index in [4.69, 9.17) is 9.72 Å². The highest BCUT2D eigenvalue weighted by Crippen LogP contribution is 2.19. The van der Waals surface area contributed by atoms with Gasteiger partial charge >= 0.3 is 0 Å². The topological polar surface area (TPSA) is 56.1 Å². The number of aromatic nitrogens is 2. The number of aryl methyl sites for hydroxylation is 2. The fourth-order valence-corrected chi connectivity index (χ4v) is 4.11. The number of para-hydroxylation sites is 3. The lowest BCUT2D eigenvalue weighted by Crippen LogP contribution is -2.26. The van der Waals surface area contributed by atoms with Gasteiger partial charge in [-0.05, 0) is 55.3 Å². The Kier molecular flexibility index (Phi) is 7.22. The first kappa shape index (κ1) is 22.1. The SMILES string of the molecule is Cc1ccccc1OCCCn1c(CCNC(=O)c2cccc(Br)c2)nc2ccccc21. The van der Waals surface area contributed by atoms with Crippen molar-refractivity contribution in [1.29, 1.82) is 0 Å². The summed E-state index contributed by atoms with van der Waals surface area (Å²) in [6.45, 7) is 4.02. The standard InChI is InChI=1S/C26H26BrN3O2/c1-19-8-2-5-13-24(19)32-17-7-16-30-23-12-4-3-11-22(23)29-25(30)14-15-28-26(31)20-9-6-10-21(27)18-20/h2-6,8-13,18H,7,14-17H2,1H3,(H,28,31). The lowest BCUT2D eigenvalue weighted by Gasteiger charge is -2.12. The summed E-state index contributed by atoms with van der Waals surface area (Å²) in [6, 6.07) is 23.6. The van der Waals surface area contributed by atoms with Crippen LogP contribution in [0.3, 0.4) is 0 Å². The molecule has 164 valence electrons. The fourth-order valence-electron chi connectivity index (χ4n) is 3.71. The maximum atomic E-state index is 12.4. The van der Waals surface area contributed by atoms with E-state index in [9.17, 15) is 4.79 Å². The molecule has 1 N–H and O–H groups in total. The molecule has 1 heterocycles. The van der Waals surface area contributed by atoms with E-state index in [2.05, 4.69) is 44.9 Å². The number of halogens is 1. The molecule has 0 spiro atoms. The Morgan fingerprint density at radius 3 is 2.72 bits per heavy atom. The van der Waals surface area contributed by atoms with E-state index in [-0.39, 0.29) is 5.91 Å². The van der Waals surface area contributed by atoms with Gasteiger partial charge in [-0.25, -0.2) is 4.98 Å². The number of benzene rings is 3. The van der Waals surface area contributed by atoms with Crippen LogP contribution in [0.5, 0.6) is 5.75 Å². The second-order valence-corrected chi connectivity index (χ2v) is 8.57. The number of nitrogens with zero attached hydrogens (tertiary/aromatic N) is 2. The quantitative estimate of drug-likeness (QED) is 0.312. The van der Waals surface area contributed by atoms with Gasteiger partial charge in [-0.15, -0.1) is 0 Å². The molecule has 0 aliphatic heterocycles. The summed E-state index contributed by atoms with van der Waals surface area (Å²) in [4.78, 5) is 17.3. The largest absolute Gasteiger partial charge is 0.493 e. The van der Waals surface area contributed by atoms with Crippen LogP contribution < -0.4 is 10.1 Å². The smallest absolute Gasteiger partial charge is 0.251 e. The van der Waals surface area contributed by atoms with Gasteiger partial charge in [0.1, 0.15) is 11.6 Å². The highest BCUT2D eigenvalue weighted by molar-refractivity contribution is 9.10. The van der Waals surface area contributed by atoms with Crippen LogP contribution in [0.2, 0.25) is 0 Å². The number of rotatable bonds is 9. The molecule has 0 aliphatic carbocycles. The average molecular weight is 492 g/mol. The lowest BCUT2D eigenvalue weighted by atomic mass is 10.2. The van der Waals surface area contributed by atoms with Crippen LogP contribution in [-0.4, -0.2) is 28.6 Å². The maximum Gasteiger partial charge on any atom is 0.251 e. The molecule has 0 aliphatic rings. The first-order valence-corrected chi connectivity index (χ1v) is 11.6. The van der Waals surface area contributed by atoms with Gasteiger partial charge in [-0.2, -0.15) is 0 Å². The van der Waals surface area contributed by atoms with Crippen LogP contribution in [0.25, 0.3) is 11.0 Å². The Bertz CT molecular complexity index is 1220. The van der Waals surface area contributed by atoms with Crippen molar-refractivity contribution < 1.29 is 9.53 Å². The second-order valence-electron chi connectivity index (χ2n) is 7.65. The predicted octanol–water partition coefficient (Wildman–Crippen LogP) is 5.55. The summed E-state index contributed by atoms with van der Waals surface area (Å²) in [5, 5.41) is 3.00. The Balaban J connectivity index is 1.38. The molecule has 0 unspecified atom stereocenters. The van der Waals surface area contributed by atoms with Crippen LogP contribution in [0.1, 0.15) is 28.2 Å². The molecular formula is C26H26BrN3O2. The van der Waals surface area contributed by atoms with Crippen molar-refractivity contribution in [2.24, 2.45) is 0 Å². The zero-order valence-corrected chi connectivity index (χ0v) is 19.6. The van der Waals surface area contributed by atoms with E-state index in [0.29, 0.717) is 25.1 Å². The highest BCUT2D eigenvalue weighted by atomic mass is 79.9. The molecule has 3 aromatic carbocycles. The third kappa shape index (κ3) is 5.37. The van der Waals surface area contributed by atoms with Gasteiger partial charge in [0.2, 0.25) is 0 Å². The van der Waals surface area contributed by atoms with Crippen molar-refractivity contribution in [3.05, 3.63) is 94.2 Å². The molecule has 0 fully saturated rings. The number of ether oxygens (including phenoxy) is 1. The van der Waals surface area contributed by atoms with Crippen LogP contribution in [0, 0.1) is 6.92 Å². The molecule has 0 saturated carbocycles. The normalized spacial score (nSPS) is 10.9. The van der Waals surface area contributed by atoms with Gasteiger partial charge in [0.15, 0.2) is 0 Å². The van der Waals surface area contributed by atoms with E-state index in [1.54, 1.807) is 0 Å². The number of hydrogen-bond acceptors (Lipinski definition) is 3. The number of nitrogens with one attached hydrogen (secondary N) is 1. The minimum absolute atomic E-state index is 0.0828. The monoisotopic (exact) mass is 491 g/mol. The summed E-state index contributed by atoms with van der Waals surface area (Å²) < 4.78 is 9.09.